The average molecular weight is 256 g/mol. The van der Waals surface area contributed by atoms with Crippen molar-refractivity contribution in [1.82, 2.24) is 9.88 Å². The summed E-state index contributed by atoms with van der Waals surface area (Å²) in [6, 6.07) is 10.9. The molecule has 1 aromatic heterocycles. The van der Waals surface area contributed by atoms with Crippen molar-refractivity contribution < 1.29 is 4.79 Å². The first-order chi connectivity index (χ1) is 9.06. The van der Waals surface area contributed by atoms with E-state index in [4.69, 9.17) is 5.73 Å². The second-order valence-corrected chi connectivity index (χ2v) is 4.38. The molecular weight excluding hydrogens is 240 g/mol. The van der Waals surface area contributed by atoms with E-state index in [1.165, 1.54) is 4.90 Å². The molecule has 3 N–H and O–H groups in total. The number of hydrogen-bond donors (Lipinski definition) is 2. The van der Waals surface area contributed by atoms with Gasteiger partial charge in [0.15, 0.2) is 0 Å². The Morgan fingerprint density at radius 3 is 2.47 bits per heavy atom. The molecule has 0 fully saturated rings. The Labute approximate surface area is 112 Å². The summed E-state index contributed by atoms with van der Waals surface area (Å²) in [6.45, 7) is 0. The number of nitrogens with zero attached hydrogens (tertiary/aromatic N) is 2. The van der Waals surface area contributed by atoms with Crippen LogP contribution in [-0.2, 0) is 0 Å². The molecule has 1 heterocycles. The van der Waals surface area contributed by atoms with Crippen LogP contribution in [0.2, 0.25) is 0 Å². The Kier molecular flexibility index (Phi) is 3.66. The third kappa shape index (κ3) is 3.22. The van der Waals surface area contributed by atoms with E-state index in [0.717, 1.165) is 11.4 Å². The van der Waals surface area contributed by atoms with Gasteiger partial charge in [0, 0.05) is 37.4 Å². The minimum atomic E-state index is -0.124. The maximum Gasteiger partial charge on any atom is 0.272 e. The summed E-state index contributed by atoms with van der Waals surface area (Å²) in [5.41, 5.74) is 8.47. The normalized spacial score (nSPS) is 10.0. The molecule has 0 spiro atoms. The van der Waals surface area contributed by atoms with Gasteiger partial charge in [-0.05, 0) is 36.4 Å². The molecule has 0 aliphatic rings. The summed E-state index contributed by atoms with van der Waals surface area (Å²) >= 11 is 0. The molecule has 1 amide bonds. The third-order valence-electron chi connectivity index (χ3n) is 2.58. The molecule has 0 bridgehead atoms. The van der Waals surface area contributed by atoms with Crippen LogP contribution in [0.25, 0.3) is 0 Å². The summed E-state index contributed by atoms with van der Waals surface area (Å²) in [6.07, 6.45) is 1.61. The molecule has 1 aromatic carbocycles. The lowest BCUT2D eigenvalue weighted by molar-refractivity contribution is 0.0822. The van der Waals surface area contributed by atoms with E-state index in [9.17, 15) is 4.79 Å². The fourth-order valence-electron chi connectivity index (χ4n) is 1.59. The number of aromatic nitrogens is 1. The van der Waals surface area contributed by atoms with Gasteiger partial charge in [0.05, 0.1) is 0 Å². The molecule has 2 aromatic rings. The number of anilines is 3. The number of nitrogen functional groups attached to an aromatic ring is 1. The van der Waals surface area contributed by atoms with Gasteiger partial charge < -0.3 is 16.0 Å². The molecule has 5 nitrogen and oxygen atoms in total. The van der Waals surface area contributed by atoms with Gasteiger partial charge in [-0.15, -0.1) is 0 Å². The van der Waals surface area contributed by atoms with Gasteiger partial charge in [0.25, 0.3) is 5.91 Å². The molecule has 0 aliphatic heterocycles. The summed E-state index contributed by atoms with van der Waals surface area (Å²) in [5.74, 6) is -0.124. The van der Waals surface area contributed by atoms with Crippen LogP contribution in [0.1, 0.15) is 10.5 Å². The maximum atomic E-state index is 11.8. The van der Waals surface area contributed by atoms with Crippen molar-refractivity contribution in [3.63, 3.8) is 0 Å². The monoisotopic (exact) mass is 256 g/mol. The van der Waals surface area contributed by atoms with Crippen molar-refractivity contribution in [2.75, 3.05) is 25.1 Å². The van der Waals surface area contributed by atoms with Gasteiger partial charge in [-0.1, -0.05) is 0 Å². The number of nitrogens with one attached hydrogen (secondary N) is 1. The number of amides is 1. The maximum absolute atomic E-state index is 11.8. The molecular formula is C14H16N4O. The minimum absolute atomic E-state index is 0.124. The second kappa shape index (κ2) is 5.39. The van der Waals surface area contributed by atoms with Crippen molar-refractivity contribution in [3.8, 4) is 0 Å². The number of benzene rings is 1. The molecule has 5 heteroatoms. The van der Waals surface area contributed by atoms with Crippen molar-refractivity contribution in [3.05, 3.63) is 48.3 Å². The molecule has 19 heavy (non-hydrogen) atoms. The van der Waals surface area contributed by atoms with E-state index in [0.29, 0.717) is 11.4 Å². The van der Waals surface area contributed by atoms with Crippen LogP contribution in [0, 0.1) is 0 Å². The van der Waals surface area contributed by atoms with Crippen LogP contribution in [-0.4, -0.2) is 29.9 Å². The van der Waals surface area contributed by atoms with Crippen LogP contribution < -0.4 is 11.1 Å². The first-order valence-electron chi connectivity index (χ1n) is 5.86. The van der Waals surface area contributed by atoms with Crippen LogP contribution in [0.3, 0.4) is 0 Å². The van der Waals surface area contributed by atoms with Crippen molar-refractivity contribution >= 4 is 23.0 Å². The Bertz CT molecular complexity index is 578. The summed E-state index contributed by atoms with van der Waals surface area (Å²) < 4.78 is 0. The molecule has 0 radical (unpaired) electrons. The molecule has 0 unspecified atom stereocenters. The highest BCUT2D eigenvalue weighted by molar-refractivity contribution is 5.92. The molecule has 0 atom stereocenters. The SMILES string of the molecule is CN(C)C(=O)c1cc(Nc2ccc(N)cc2)ccn1. The summed E-state index contributed by atoms with van der Waals surface area (Å²) in [4.78, 5) is 17.4. The molecule has 0 aliphatic carbocycles. The zero-order chi connectivity index (χ0) is 13.8. The summed E-state index contributed by atoms with van der Waals surface area (Å²) in [5, 5.41) is 3.20. The highest BCUT2D eigenvalue weighted by Gasteiger charge is 2.09. The Balaban J connectivity index is 2.19. The van der Waals surface area contributed by atoms with E-state index < -0.39 is 0 Å². The van der Waals surface area contributed by atoms with Gasteiger partial charge >= 0.3 is 0 Å². The van der Waals surface area contributed by atoms with Gasteiger partial charge in [-0.25, -0.2) is 0 Å². The van der Waals surface area contributed by atoms with Crippen LogP contribution in [0.15, 0.2) is 42.6 Å². The number of nitrogens with two attached hydrogens (primary N) is 1. The van der Waals surface area contributed by atoms with Gasteiger partial charge in [0.1, 0.15) is 5.69 Å². The highest BCUT2D eigenvalue weighted by Crippen LogP contribution is 2.18. The first kappa shape index (κ1) is 12.9. The lowest BCUT2D eigenvalue weighted by Gasteiger charge is -2.11. The van der Waals surface area contributed by atoms with E-state index in [1.54, 1.807) is 26.4 Å². The Morgan fingerprint density at radius 1 is 1.16 bits per heavy atom. The van der Waals surface area contributed by atoms with E-state index in [2.05, 4.69) is 10.3 Å². The quantitative estimate of drug-likeness (QED) is 0.825. The lowest BCUT2D eigenvalue weighted by atomic mass is 10.2. The largest absolute Gasteiger partial charge is 0.399 e. The molecule has 0 saturated heterocycles. The van der Waals surface area contributed by atoms with Crippen molar-refractivity contribution in [2.24, 2.45) is 0 Å². The number of pyridine rings is 1. The van der Waals surface area contributed by atoms with Gasteiger partial charge in [-0.2, -0.15) is 0 Å². The lowest BCUT2D eigenvalue weighted by Crippen LogP contribution is -2.22. The highest BCUT2D eigenvalue weighted by atomic mass is 16.2. The van der Waals surface area contributed by atoms with E-state index in [-0.39, 0.29) is 5.91 Å². The van der Waals surface area contributed by atoms with Crippen LogP contribution >= 0.6 is 0 Å². The standard InChI is InChI=1S/C14H16N4O/c1-18(2)14(19)13-9-12(7-8-16-13)17-11-5-3-10(15)4-6-11/h3-9H,15H2,1-2H3,(H,16,17). The van der Waals surface area contributed by atoms with Crippen molar-refractivity contribution in [1.29, 1.82) is 0 Å². The predicted octanol–water partition coefficient (Wildman–Crippen LogP) is 2.11. The Morgan fingerprint density at radius 2 is 1.84 bits per heavy atom. The van der Waals surface area contributed by atoms with Gasteiger partial charge in [0.2, 0.25) is 0 Å². The number of rotatable bonds is 3. The van der Waals surface area contributed by atoms with Crippen LogP contribution in [0.4, 0.5) is 17.1 Å². The second-order valence-electron chi connectivity index (χ2n) is 4.38. The molecule has 0 saturated carbocycles. The zero-order valence-electron chi connectivity index (χ0n) is 10.9. The topological polar surface area (TPSA) is 71.2 Å². The number of hydrogen-bond acceptors (Lipinski definition) is 4. The number of carbonyl (C=O) groups excluding carboxylic acids is 1. The number of carbonyl (C=O) groups is 1. The van der Waals surface area contributed by atoms with Crippen molar-refractivity contribution in [2.45, 2.75) is 0 Å². The smallest absolute Gasteiger partial charge is 0.272 e. The molecule has 98 valence electrons. The van der Waals surface area contributed by atoms with E-state index >= 15 is 0 Å². The fourth-order valence-corrected chi connectivity index (χ4v) is 1.59. The first-order valence-corrected chi connectivity index (χ1v) is 5.86. The van der Waals surface area contributed by atoms with E-state index in [1.807, 2.05) is 30.3 Å². The third-order valence-corrected chi connectivity index (χ3v) is 2.58. The minimum Gasteiger partial charge on any atom is -0.399 e. The fraction of sp³-hybridized carbons (Fsp3) is 0.143. The van der Waals surface area contributed by atoms with Gasteiger partial charge in [-0.3, -0.25) is 9.78 Å². The summed E-state index contributed by atoms with van der Waals surface area (Å²) in [7, 11) is 3.40. The Hall–Kier alpha value is -2.56. The van der Waals surface area contributed by atoms with Crippen LogP contribution in [0.5, 0.6) is 0 Å². The zero-order valence-corrected chi connectivity index (χ0v) is 10.9. The predicted molar refractivity (Wildman–Crippen MR) is 76.4 cm³/mol. The average Bonchev–Trinajstić information content (AvgIpc) is 2.41. The molecule has 2 rings (SSSR count).